The Morgan fingerprint density at radius 3 is 2.67 bits per heavy atom. The molecular weight excluding hydrogens is 317 g/mol. The molecule has 1 N–H and O–H groups in total. The molecule has 0 unspecified atom stereocenters. The topological polar surface area (TPSA) is 65.4 Å². The lowest BCUT2D eigenvalue weighted by Gasteiger charge is -2.11. The van der Waals surface area contributed by atoms with Crippen molar-refractivity contribution in [2.45, 2.75) is 24.4 Å². The first-order chi connectivity index (χ1) is 11.4. The van der Waals surface area contributed by atoms with E-state index in [4.69, 9.17) is 0 Å². The number of benzene rings is 1. The third-order valence-electron chi connectivity index (χ3n) is 4.42. The quantitative estimate of drug-likeness (QED) is 0.767. The Hall–Kier alpha value is -2.88. The highest BCUT2D eigenvalue weighted by Crippen LogP contribution is 2.48. The van der Waals surface area contributed by atoms with Crippen LogP contribution < -0.4 is 0 Å². The van der Waals surface area contributed by atoms with E-state index in [1.54, 1.807) is 18.2 Å². The smallest absolute Gasteiger partial charge is 0.260 e. The van der Waals surface area contributed by atoms with Crippen LogP contribution in [0.2, 0.25) is 0 Å². The van der Waals surface area contributed by atoms with Crippen molar-refractivity contribution in [1.29, 1.82) is 5.26 Å². The van der Waals surface area contributed by atoms with Crippen LogP contribution in [0.5, 0.6) is 0 Å². The highest BCUT2D eigenvalue weighted by Gasteiger charge is 2.45. The number of fused-ring (bicyclic) bond motifs is 1. The standard InChI is InChI=1S/C17H11F3N4/c18-17(19,20)14-13-12(4-7-22-15(13)24-23-14)10-2-1-3-11(8-10)16(9-21)5-6-16/h1-4,7-8H,5-6H2,(H,22,23,24). The fourth-order valence-corrected chi connectivity index (χ4v) is 2.97. The fraction of sp³-hybridized carbons (Fsp3) is 0.235. The predicted molar refractivity (Wildman–Crippen MR) is 80.9 cm³/mol. The highest BCUT2D eigenvalue weighted by molar-refractivity contribution is 5.95. The zero-order valence-corrected chi connectivity index (χ0v) is 12.4. The molecule has 0 radical (unpaired) electrons. The average molecular weight is 328 g/mol. The molecule has 1 aromatic carbocycles. The Balaban J connectivity index is 1.93. The Labute approximate surface area is 134 Å². The lowest BCUT2D eigenvalue weighted by Crippen LogP contribution is -2.06. The van der Waals surface area contributed by atoms with Crippen molar-refractivity contribution in [1.82, 2.24) is 15.2 Å². The van der Waals surface area contributed by atoms with Crippen LogP contribution in [-0.2, 0) is 11.6 Å². The maximum absolute atomic E-state index is 13.2. The number of aromatic amines is 1. The second-order valence-corrected chi connectivity index (χ2v) is 5.93. The van der Waals surface area contributed by atoms with Gasteiger partial charge in [-0.2, -0.15) is 23.5 Å². The summed E-state index contributed by atoms with van der Waals surface area (Å²) in [5, 5.41) is 15.0. The summed E-state index contributed by atoms with van der Waals surface area (Å²) in [6.45, 7) is 0. The molecular formula is C17H11F3N4. The summed E-state index contributed by atoms with van der Waals surface area (Å²) < 4.78 is 39.7. The molecule has 4 nitrogen and oxygen atoms in total. The molecule has 0 amide bonds. The molecule has 0 saturated heterocycles. The first-order valence-electron chi connectivity index (χ1n) is 7.37. The maximum atomic E-state index is 13.2. The molecule has 3 aromatic rings. The monoisotopic (exact) mass is 328 g/mol. The number of nitrogens with zero attached hydrogens (tertiary/aromatic N) is 3. The molecule has 1 fully saturated rings. The Bertz CT molecular complexity index is 977. The van der Waals surface area contributed by atoms with Crippen molar-refractivity contribution < 1.29 is 13.2 Å². The van der Waals surface area contributed by atoms with Gasteiger partial charge in [-0.3, -0.25) is 5.10 Å². The number of aromatic nitrogens is 3. The minimum Gasteiger partial charge on any atom is -0.260 e. The Kier molecular flexibility index (Phi) is 2.94. The molecule has 24 heavy (non-hydrogen) atoms. The number of alkyl halides is 3. The maximum Gasteiger partial charge on any atom is 0.435 e. The van der Waals surface area contributed by atoms with E-state index in [2.05, 4.69) is 21.3 Å². The first kappa shape index (κ1) is 14.7. The van der Waals surface area contributed by atoms with Gasteiger partial charge >= 0.3 is 6.18 Å². The molecule has 0 aliphatic heterocycles. The Morgan fingerprint density at radius 2 is 2.00 bits per heavy atom. The van der Waals surface area contributed by atoms with E-state index in [0.717, 1.165) is 18.4 Å². The van der Waals surface area contributed by atoms with Gasteiger partial charge in [-0.25, -0.2) is 4.98 Å². The number of halogens is 3. The van der Waals surface area contributed by atoms with E-state index in [-0.39, 0.29) is 11.0 Å². The van der Waals surface area contributed by atoms with E-state index in [1.165, 1.54) is 12.3 Å². The van der Waals surface area contributed by atoms with E-state index < -0.39 is 17.3 Å². The summed E-state index contributed by atoms with van der Waals surface area (Å²) in [5.74, 6) is 0. The molecule has 7 heteroatoms. The van der Waals surface area contributed by atoms with Crippen LogP contribution in [0, 0.1) is 11.3 Å². The predicted octanol–water partition coefficient (Wildman–Crippen LogP) is 4.20. The van der Waals surface area contributed by atoms with Gasteiger partial charge < -0.3 is 0 Å². The van der Waals surface area contributed by atoms with E-state index in [1.807, 2.05) is 6.07 Å². The summed E-state index contributed by atoms with van der Waals surface area (Å²) >= 11 is 0. The number of nitrogens with one attached hydrogen (secondary N) is 1. The fourth-order valence-electron chi connectivity index (χ4n) is 2.97. The molecule has 120 valence electrons. The summed E-state index contributed by atoms with van der Waals surface area (Å²) in [7, 11) is 0. The van der Waals surface area contributed by atoms with Crippen LogP contribution in [0.1, 0.15) is 24.1 Å². The van der Waals surface area contributed by atoms with Gasteiger partial charge in [0.25, 0.3) is 0 Å². The summed E-state index contributed by atoms with van der Waals surface area (Å²) in [4.78, 5) is 3.93. The number of nitriles is 1. The van der Waals surface area contributed by atoms with Gasteiger partial charge in [-0.05, 0) is 41.7 Å². The van der Waals surface area contributed by atoms with Gasteiger partial charge in [0.05, 0.1) is 16.9 Å². The van der Waals surface area contributed by atoms with Crippen LogP contribution in [0.15, 0.2) is 36.5 Å². The number of H-pyrrole nitrogens is 1. The van der Waals surface area contributed by atoms with Gasteiger partial charge in [0.15, 0.2) is 11.3 Å². The first-order valence-corrected chi connectivity index (χ1v) is 7.37. The SMILES string of the molecule is N#CC1(c2cccc(-c3ccnc4[nH]nc(C(F)(F)F)c34)c2)CC1. The molecule has 2 heterocycles. The van der Waals surface area contributed by atoms with Crippen LogP contribution >= 0.6 is 0 Å². The number of pyridine rings is 1. The van der Waals surface area contributed by atoms with Gasteiger partial charge in [0.1, 0.15) is 0 Å². The largest absolute Gasteiger partial charge is 0.435 e. The zero-order valence-electron chi connectivity index (χ0n) is 12.4. The van der Waals surface area contributed by atoms with Gasteiger partial charge in [0, 0.05) is 6.20 Å². The summed E-state index contributed by atoms with van der Waals surface area (Å²) in [6, 6.07) is 11.0. The third kappa shape index (κ3) is 2.14. The molecule has 1 saturated carbocycles. The van der Waals surface area contributed by atoms with Gasteiger partial charge in [0.2, 0.25) is 0 Å². The molecule has 0 bridgehead atoms. The van der Waals surface area contributed by atoms with Gasteiger partial charge in [-0.15, -0.1) is 0 Å². The van der Waals surface area contributed by atoms with Crippen LogP contribution in [-0.4, -0.2) is 15.2 Å². The number of hydrogen-bond acceptors (Lipinski definition) is 3. The third-order valence-corrected chi connectivity index (χ3v) is 4.42. The second kappa shape index (κ2) is 4.81. The van der Waals surface area contributed by atoms with Crippen molar-refractivity contribution >= 4 is 11.0 Å². The molecule has 1 aliphatic rings. The van der Waals surface area contributed by atoms with E-state index >= 15 is 0 Å². The average Bonchev–Trinajstić information content (AvgIpc) is 3.24. The normalized spacial score (nSPS) is 16.1. The van der Waals surface area contributed by atoms with Crippen molar-refractivity contribution in [2.24, 2.45) is 0 Å². The van der Waals surface area contributed by atoms with Crippen LogP contribution in [0.4, 0.5) is 13.2 Å². The number of rotatable bonds is 2. The molecule has 2 aromatic heterocycles. The minimum atomic E-state index is -4.57. The molecule has 0 spiro atoms. The second-order valence-electron chi connectivity index (χ2n) is 5.93. The van der Waals surface area contributed by atoms with E-state index in [0.29, 0.717) is 11.1 Å². The Morgan fingerprint density at radius 1 is 1.21 bits per heavy atom. The van der Waals surface area contributed by atoms with Crippen molar-refractivity contribution in [3.8, 4) is 17.2 Å². The summed E-state index contributed by atoms with van der Waals surface area (Å²) in [6.07, 6.45) is -1.58. The lowest BCUT2D eigenvalue weighted by atomic mass is 9.93. The number of hydrogen-bond donors (Lipinski definition) is 1. The highest BCUT2D eigenvalue weighted by atomic mass is 19.4. The van der Waals surface area contributed by atoms with Crippen molar-refractivity contribution in [3.63, 3.8) is 0 Å². The van der Waals surface area contributed by atoms with E-state index in [9.17, 15) is 18.4 Å². The zero-order chi connectivity index (χ0) is 16.9. The molecule has 0 atom stereocenters. The minimum absolute atomic E-state index is 0.0519. The van der Waals surface area contributed by atoms with Crippen molar-refractivity contribution in [2.75, 3.05) is 0 Å². The van der Waals surface area contributed by atoms with Crippen LogP contribution in [0.25, 0.3) is 22.2 Å². The summed E-state index contributed by atoms with van der Waals surface area (Å²) in [5.41, 5.74) is 0.472. The molecule has 4 rings (SSSR count). The molecule has 1 aliphatic carbocycles. The van der Waals surface area contributed by atoms with Gasteiger partial charge in [-0.1, -0.05) is 18.2 Å². The lowest BCUT2D eigenvalue weighted by molar-refractivity contribution is -0.139. The van der Waals surface area contributed by atoms with Crippen LogP contribution in [0.3, 0.4) is 0 Å². The van der Waals surface area contributed by atoms with Crippen molar-refractivity contribution in [3.05, 3.63) is 47.8 Å².